The number of nitrogens with one attached hydrogen (secondary N) is 1. The van der Waals surface area contributed by atoms with Crippen molar-refractivity contribution in [2.45, 2.75) is 39.3 Å². The molecule has 110 valence electrons. The maximum atomic E-state index is 5.50. The second kappa shape index (κ2) is 5.90. The van der Waals surface area contributed by atoms with Crippen molar-refractivity contribution in [2.24, 2.45) is 0 Å². The molecule has 1 fully saturated rings. The third kappa shape index (κ3) is 3.45. The second-order valence-corrected chi connectivity index (χ2v) is 6.06. The molecular formula is C19H23NO. The molecule has 0 heterocycles. The van der Waals surface area contributed by atoms with Crippen molar-refractivity contribution in [1.29, 1.82) is 0 Å². The van der Waals surface area contributed by atoms with Gasteiger partial charge in [0, 0.05) is 18.2 Å². The fraction of sp³-hybridized carbons (Fsp3) is 0.368. The van der Waals surface area contributed by atoms with Crippen LogP contribution in [0, 0.1) is 13.8 Å². The van der Waals surface area contributed by atoms with Gasteiger partial charge in [-0.1, -0.05) is 35.4 Å². The monoisotopic (exact) mass is 281 g/mol. The van der Waals surface area contributed by atoms with Crippen LogP contribution in [0.4, 0.5) is 0 Å². The molecule has 21 heavy (non-hydrogen) atoms. The predicted octanol–water partition coefficient (Wildman–Crippen LogP) is 4.23. The lowest BCUT2D eigenvalue weighted by Crippen LogP contribution is -2.15. The summed E-state index contributed by atoms with van der Waals surface area (Å²) in [6.45, 7) is 5.18. The molecule has 3 rings (SSSR count). The number of ether oxygens (including phenoxy) is 1. The second-order valence-electron chi connectivity index (χ2n) is 6.06. The number of hydrogen-bond acceptors (Lipinski definition) is 2. The lowest BCUT2D eigenvalue weighted by Gasteiger charge is -2.12. The van der Waals surface area contributed by atoms with Gasteiger partial charge < -0.3 is 10.1 Å². The first kappa shape index (κ1) is 14.2. The quantitative estimate of drug-likeness (QED) is 0.885. The summed E-state index contributed by atoms with van der Waals surface area (Å²) in [4.78, 5) is 0. The van der Waals surface area contributed by atoms with Gasteiger partial charge in [-0.2, -0.15) is 0 Å². The Bertz CT molecular complexity index is 624. The first-order chi connectivity index (χ1) is 10.2. The Balaban J connectivity index is 1.92. The van der Waals surface area contributed by atoms with E-state index in [-0.39, 0.29) is 0 Å². The molecule has 0 bridgehead atoms. The molecule has 1 N–H and O–H groups in total. The van der Waals surface area contributed by atoms with Gasteiger partial charge in [0.2, 0.25) is 0 Å². The average Bonchev–Trinajstić information content (AvgIpc) is 3.28. The summed E-state index contributed by atoms with van der Waals surface area (Å²) >= 11 is 0. The zero-order chi connectivity index (χ0) is 14.8. The zero-order valence-electron chi connectivity index (χ0n) is 13.1. The Labute approximate surface area is 127 Å². The predicted molar refractivity (Wildman–Crippen MR) is 87.8 cm³/mol. The third-order valence-corrected chi connectivity index (χ3v) is 3.99. The van der Waals surface area contributed by atoms with Crippen LogP contribution in [-0.2, 0) is 6.54 Å². The molecule has 1 aliphatic carbocycles. The van der Waals surface area contributed by atoms with Crippen molar-refractivity contribution in [3.8, 4) is 16.9 Å². The zero-order valence-corrected chi connectivity index (χ0v) is 13.1. The third-order valence-electron chi connectivity index (χ3n) is 3.99. The van der Waals surface area contributed by atoms with Crippen molar-refractivity contribution in [2.75, 3.05) is 7.11 Å². The lowest BCUT2D eigenvalue weighted by molar-refractivity contribution is 0.407. The van der Waals surface area contributed by atoms with Crippen LogP contribution in [0.25, 0.3) is 11.1 Å². The molecule has 2 nitrogen and oxygen atoms in total. The van der Waals surface area contributed by atoms with Gasteiger partial charge >= 0.3 is 0 Å². The molecule has 2 aromatic rings. The first-order valence-corrected chi connectivity index (χ1v) is 7.64. The van der Waals surface area contributed by atoms with Crippen LogP contribution >= 0.6 is 0 Å². The largest absolute Gasteiger partial charge is 0.496 e. The number of rotatable bonds is 5. The van der Waals surface area contributed by atoms with Crippen molar-refractivity contribution in [3.05, 3.63) is 53.1 Å². The molecule has 0 radical (unpaired) electrons. The number of methoxy groups -OCH3 is 1. The van der Waals surface area contributed by atoms with Gasteiger partial charge in [-0.25, -0.2) is 0 Å². The highest BCUT2D eigenvalue weighted by atomic mass is 16.5. The van der Waals surface area contributed by atoms with Crippen LogP contribution in [0.3, 0.4) is 0 Å². The molecule has 0 aromatic heterocycles. The minimum Gasteiger partial charge on any atom is -0.496 e. The summed E-state index contributed by atoms with van der Waals surface area (Å²) in [5.41, 5.74) is 6.39. The van der Waals surface area contributed by atoms with Crippen molar-refractivity contribution >= 4 is 0 Å². The summed E-state index contributed by atoms with van der Waals surface area (Å²) in [6.07, 6.45) is 2.61. The lowest BCUT2D eigenvalue weighted by atomic mass is 9.98. The number of benzene rings is 2. The van der Waals surface area contributed by atoms with E-state index in [2.05, 4.69) is 55.6 Å². The molecule has 2 heteroatoms. The van der Waals surface area contributed by atoms with E-state index in [9.17, 15) is 0 Å². The summed E-state index contributed by atoms with van der Waals surface area (Å²) < 4.78 is 5.50. The smallest absolute Gasteiger partial charge is 0.123 e. The van der Waals surface area contributed by atoms with Crippen LogP contribution in [-0.4, -0.2) is 13.2 Å². The molecule has 0 atom stereocenters. The first-order valence-electron chi connectivity index (χ1n) is 7.64. The number of hydrogen-bond donors (Lipinski definition) is 1. The van der Waals surface area contributed by atoms with Crippen LogP contribution < -0.4 is 10.1 Å². The van der Waals surface area contributed by atoms with Gasteiger partial charge in [0.25, 0.3) is 0 Å². The molecule has 1 saturated carbocycles. The van der Waals surface area contributed by atoms with Crippen LogP contribution in [0.5, 0.6) is 5.75 Å². The van der Waals surface area contributed by atoms with Crippen LogP contribution in [0.2, 0.25) is 0 Å². The fourth-order valence-electron chi connectivity index (χ4n) is 2.78. The molecule has 1 aliphatic rings. The summed E-state index contributed by atoms with van der Waals surface area (Å²) in [6, 6.07) is 13.9. The molecule has 0 amide bonds. The van der Waals surface area contributed by atoms with Gasteiger partial charge in [0.15, 0.2) is 0 Å². The van der Waals surface area contributed by atoms with Gasteiger partial charge in [-0.05, 0) is 49.9 Å². The molecule has 0 aliphatic heterocycles. The highest BCUT2D eigenvalue weighted by Gasteiger charge is 2.20. The van der Waals surface area contributed by atoms with E-state index >= 15 is 0 Å². The Morgan fingerprint density at radius 3 is 2.33 bits per heavy atom. The van der Waals surface area contributed by atoms with Crippen molar-refractivity contribution in [3.63, 3.8) is 0 Å². The Kier molecular flexibility index (Phi) is 3.98. The summed E-state index contributed by atoms with van der Waals surface area (Å²) in [7, 11) is 1.74. The maximum absolute atomic E-state index is 5.50. The van der Waals surface area contributed by atoms with E-state index in [1.165, 1.54) is 40.7 Å². The molecule has 2 aromatic carbocycles. The van der Waals surface area contributed by atoms with Gasteiger partial charge in [-0.15, -0.1) is 0 Å². The average molecular weight is 281 g/mol. The highest BCUT2D eigenvalue weighted by molar-refractivity contribution is 5.67. The van der Waals surface area contributed by atoms with Crippen molar-refractivity contribution in [1.82, 2.24) is 5.32 Å². The summed E-state index contributed by atoms with van der Waals surface area (Å²) in [5.74, 6) is 0.969. The van der Waals surface area contributed by atoms with Crippen LogP contribution in [0.15, 0.2) is 36.4 Å². The molecule has 0 saturated heterocycles. The van der Waals surface area contributed by atoms with Gasteiger partial charge in [-0.3, -0.25) is 0 Å². The van der Waals surface area contributed by atoms with E-state index < -0.39 is 0 Å². The van der Waals surface area contributed by atoms with E-state index in [4.69, 9.17) is 4.74 Å². The Hall–Kier alpha value is -1.80. The van der Waals surface area contributed by atoms with E-state index in [1.807, 2.05) is 0 Å². The van der Waals surface area contributed by atoms with Gasteiger partial charge in [0.1, 0.15) is 5.75 Å². The topological polar surface area (TPSA) is 21.3 Å². The fourth-order valence-corrected chi connectivity index (χ4v) is 2.78. The summed E-state index contributed by atoms with van der Waals surface area (Å²) in [5, 5.41) is 3.57. The van der Waals surface area contributed by atoms with E-state index in [0.717, 1.165) is 12.3 Å². The molecule has 0 unspecified atom stereocenters. The van der Waals surface area contributed by atoms with Crippen molar-refractivity contribution < 1.29 is 4.74 Å². The Morgan fingerprint density at radius 1 is 1.00 bits per heavy atom. The Morgan fingerprint density at radius 2 is 1.71 bits per heavy atom. The normalized spacial score (nSPS) is 14.2. The standard InChI is InChI=1S/C19H23NO/c1-13-8-14(2)10-16(9-13)15-4-7-19(21-3)17(11-15)12-20-18-5-6-18/h4,7-11,18,20H,5-6,12H2,1-3H3. The molecule has 0 spiro atoms. The van der Waals surface area contributed by atoms with Gasteiger partial charge in [0.05, 0.1) is 7.11 Å². The van der Waals surface area contributed by atoms with E-state index in [0.29, 0.717) is 6.04 Å². The highest BCUT2D eigenvalue weighted by Crippen LogP contribution is 2.29. The van der Waals surface area contributed by atoms with Crippen LogP contribution in [0.1, 0.15) is 29.5 Å². The van der Waals surface area contributed by atoms with E-state index in [1.54, 1.807) is 7.11 Å². The maximum Gasteiger partial charge on any atom is 0.123 e. The SMILES string of the molecule is COc1ccc(-c2cc(C)cc(C)c2)cc1CNC1CC1. The minimum atomic E-state index is 0.708. The minimum absolute atomic E-state index is 0.708. The molecular weight excluding hydrogens is 258 g/mol. The number of aryl methyl sites for hydroxylation is 2.